The first-order valence-corrected chi connectivity index (χ1v) is 11.9. The Bertz CT molecular complexity index is 1190. The number of unbranched alkanes of at least 4 members (excludes halogenated alkanes) is 1. The molecule has 0 unspecified atom stereocenters. The topological polar surface area (TPSA) is 41.0 Å². The summed E-state index contributed by atoms with van der Waals surface area (Å²) < 4.78 is 0. The van der Waals surface area contributed by atoms with Crippen molar-refractivity contribution in [3.8, 4) is 11.8 Å². The molecule has 0 amide bonds. The highest BCUT2D eigenvalue weighted by Gasteiger charge is 2.05. The number of aromatic nitrogens is 2. The third-order valence-corrected chi connectivity index (χ3v) is 5.26. The summed E-state index contributed by atoms with van der Waals surface area (Å²) in [6.45, 7) is 4.90. The Kier molecular flexibility index (Phi) is 10.3. The van der Waals surface area contributed by atoms with Crippen molar-refractivity contribution in [1.82, 2.24) is 20.2 Å². The Morgan fingerprint density at radius 3 is 2.18 bits per heavy atom. The van der Waals surface area contributed by atoms with Crippen LogP contribution in [0.15, 0.2) is 85.1 Å². The number of hydrogen-bond donors (Lipinski definition) is 1. The van der Waals surface area contributed by atoms with E-state index < -0.39 is 0 Å². The van der Waals surface area contributed by atoms with Gasteiger partial charge in [-0.2, -0.15) is 0 Å². The van der Waals surface area contributed by atoms with E-state index in [1.165, 1.54) is 18.4 Å². The van der Waals surface area contributed by atoms with Crippen LogP contribution in [0.4, 0.5) is 0 Å². The minimum absolute atomic E-state index is 0.709. The third kappa shape index (κ3) is 8.44. The average Bonchev–Trinajstić information content (AvgIpc) is 2.88. The molecule has 4 aromatic rings. The van der Waals surface area contributed by atoms with Gasteiger partial charge in [-0.05, 0) is 63.0 Å². The van der Waals surface area contributed by atoms with Crippen molar-refractivity contribution in [3.63, 3.8) is 0 Å². The van der Waals surface area contributed by atoms with Crippen molar-refractivity contribution in [3.05, 3.63) is 108 Å². The van der Waals surface area contributed by atoms with Crippen LogP contribution in [0.5, 0.6) is 0 Å². The lowest BCUT2D eigenvalue weighted by atomic mass is 10.1. The molecule has 1 heterocycles. The van der Waals surface area contributed by atoms with Gasteiger partial charge in [-0.1, -0.05) is 73.7 Å². The Balaban J connectivity index is 0.000000481. The zero-order chi connectivity index (χ0) is 24.0. The normalized spacial score (nSPS) is 10.4. The molecular weight excluding hydrogens is 416 g/mol. The van der Waals surface area contributed by atoms with Crippen molar-refractivity contribution < 1.29 is 0 Å². The molecule has 0 radical (unpaired) electrons. The van der Waals surface area contributed by atoms with Crippen LogP contribution < -0.4 is 5.32 Å². The molecule has 4 heteroatoms. The lowest BCUT2D eigenvalue weighted by molar-refractivity contribution is 0.311. The zero-order valence-electron chi connectivity index (χ0n) is 20.5. The molecular formula is C30H34N4. The fourth-order valence-corrected chi connectivity index (χ4v) is 3.41. The summed E-state index contributed by atoms with van der Waals surface area (Å²) in [6.07, 6.45) is 4.49. The molecule has 0 bridgehead atoms. The van der Waals surface area contributed by atoms with Crippen LogP contribution in [0.3, 0.4) is 0 Å². The van der Waals surface area contributed by atoms with E-state index in [4.69, 9.17) is 0 Å². The standard InChI is InChI=1S/C25H21N3.C5H13N/c1-28(19-25-26-17-23-9-5-6-10-24(23)27-25)18-22-15-13-21(14-16-22)12-11-20-7-3-2-4-8-20;1-3-4-5-6-2/h2-10,13-17H,18-19H2,1H3;6H,3-5H2,1-2H3. The number of benzene rings is 3. The zero-order valence-corrected chi connectivity index (χ0v) is 20.5. The van der Waals surface area contributed by atoms with Gasteiger partial charge in [0.1, 0.15) is 5.82 Å². The molecule has 0 fully saturated rings. The molecule has 0 spiro atoms. The fourth-order valence-electron chi connectivity index (χ4n) is 3.41. The van der Waals surface area contributed by atoms with Gasteiger partial charge in [-0.3, -0.25) is 4.90 Å². The number of fused-ring (bicyclic) bond motifs is 1. The summed E-state index contributed by atoms with van der Waals surface area (Å²) in [4.78, 5) is 11.4. The number of para-hydroxylation sites is 1. The van der Waals surface area contributed by atoms with Crippen molar-refractivity contribution in [2.24, 2.45) is 0 Å². The summed E-state index contributed by atoms with van der Waals surface area (Å²) in [6, 6.07) is 26.5. The highest BCUT2D eigenvalue weighted by molar-refractivity contribution is 5.77. The molecule has 3 aromatic carbocycles. The molecule has 4 rings (SSSR count). The first-order valence-electron chi connectivity index (χ1n) is 11.9. The largest absolute Gasteiger partial charge is 0.320 e. The minimum Gasteiger partial charge on any atom is -0.320 e. The number of nitrogens with zero attached hydrogens (tertiary/aromatic N) is 3. The van der Waals surface area contributed by atoms with Gasteiger partial charge >= 0.3 is 0 Å². The van der Waals surface area contributed by atoms with E-state index in [9.17, 15) is 0 Å². The van der Waals surface area contributed by atoms with Crippen LogP contribution in [0.25, 0.3) is 10.9 Å². The summed E-state index contributed by atoms with van der Waals surface area (Å²) in [5, 5.41) is 4.14. The van der Waals surface area contributed by atoms with Gasteiger partial charge < -0.3 is 5.32 Å². The predicted octanol–water partition coefficient (Wildman–Crippen LogP) is 5.67. The van der Waals surface area contributed by atoms with Gasteiger partial charge in [-0.25, -0.2) is 9.97 Å². The second-order valence-electron chi connectivity index (χ2n) is 8.29. The Hall–Kier alpha value is -3.52. The molecule has 4 nitrogen and oxygen atoms in total. The maximum absolute atomic E-state index is 4.65. The van der Waals surface area contributed by atoms with Crippen LogP contribution in [0.2, 0.25) is 0 Å². The summed E-state index contributed by atoms with van der Waals surface area (Å²) in [7, 11) is 4.07. The lowest BCUT2D eigenvalue weighted by Crippen LogP contribution is -2.18. The van der Waals surface area contributed by atoms with Crippen molar-refractivity contribution >= 4 is 10.9 Å². The van der Waals surface area contributed by atoms with Crippen LogP contribution >= 0.6 is 0 Å². The molecule has 34 heavy (non-hydrogen) atoms. The smallest absolute Gasteiger partial charge is 0.142 e. The number of nitrogens with one attached hydrogen (secondary N) is 1. The molecule has 1 N–H and O–H groups in total. The molecule has 0 atom stereocenters. The van der Waals surface area contributed by atoms with Gasteiger partial charge in [0.15, 0.2) is 0 Å². The molecule has 0 aliphatic heterocycles. The first kappa shape index (κ1) is 25.1. The lowest BCUT2D eigenvalue weighted by Gasteiger charge is -2.16. The molecule has 1 aromatic heterocycles. The SMILES string of the molecule is CCCCNC.CN(Cc1ccc(C#Cc2ccccc2)cc1)Cc1ncc2ccccc2n1. The fraction of sp³-hybridized carbons (Fsp3) is 0.267. The van der Waals surface area contributed by atoms with Crippen LogP contribution in [-0.4, -0.2) is 35.5 Å². The van der Waals surface area contributed by atoms with Crippen molar-refractivity contribution in [2.45, 2.75) is 32.9 Å². The Morgan fingerprint density at radius 1 is 0.824 bits per heavy atom. The van der Waals surface area contributed by atoms with Crippen LogP contribution in [0.1, 0.15) is 42.3 Å². The molecule has 174 valence electrons. The molecule has 0 aliphatic carbocycles. The summed E-state index contributed by atoms with van der Waals surface area (Å²) >= 11 is 0. The molecule has 0 aliphatic rings. The van der Waals surface area contributed by atoms with Crippen LogP contribution in [-0.2, 0) is 13.1 Å². The minimum atomic E-state index is 0.709. The Labute approximate surface area is 204 Å². The van der Waals surface area contributed by atoms with Crippen LogP contribution in [0, 0.1) is 11.8 Å². The monoisotopic (exact) mass is 450 g/mol. The predicted molar refractivity (Wildman–Crippen MR) is 142 cm³/mol. The second-order valence-corrected chi connectivity index (χ2v) is 8.29. The highest BCUT2D eigenvalue weighted by atomic mass is 15.1. The van der Waals surface area contributed by atoms with E-state index in [-0.39, 0.29) is 0 Å². The number of hydrogen-bond acceptors (Lipinski definition) is 4. The van der Waals surface area contributed by atoms with Crippen molar-refractivity contribution in [2.75, 3.05) is 20.6 Å². The van der Waals surface area contributed by atoms with Gasteiger partial charge in [-0.15, -0.1) is 0 Å². The average molecular weight is 451 g/mol. The molecule has 0 saturated carbocycles. The molecule has 0 saturated heterocycles. The second kappa shape index (κ2) is 13.9. The number of rotatable bonds is 7. The van der Waals surface area contributed by atoms with E-state index in [0.717, 1.165) is 40.9 Å². The first-order chi connectivity index (χ1) is 16.7. The van der Waals surface area contributed by atoms with Crippen molar-refractivity contribution in [1.29, 1.82) is 0 Å². The van der Waals surface area contributed by atoms with Gasteiger partial charge in [0.05, 0.1) is 12.1 Å². The van der Waals surface area contributed by atoms with E-state index in [0.29, 0.717) is 6.54 Å². The summed E-state index contributed by atoms with van der Waals surface area (Å²) in [5.74, 6) is 7.25. The maximum Gasteiger partial charge on any atom is 0.142 e. The van der Waals surface area contributed by atoms with Gasteiger partial charge in [0.2, 0.25) is 0 Å². The quantitative estimate of drug-likeness (QED) is 0.291. The van der Waals surface area contributed by atoms with E-state index in [2.05, 4.69) is 70.3 Å². The van der Waals surface area contributed by atoms with E-state index in [1.807, 2.05) is 67.8 Å². The van der Waals surface area contributed by atoms with Gasteiger partial charge in [0.25, 0.3) is 0 Å². The van der Waals surface area contributed by atoms with Gasteiger partial charge in [0, 0.05) is 29.3 Å². The third-order valence-electron chi connectivity index (χ3n) is 5.26. The Morgan fingerprint density at radius 2 is 1.50 bits per heavy atom. The highest BCUT2D eigenvalue weighted by Crippen LogP contribution is 2.12. The van der Waals surface area contributed by atoms with E-state index in [1.54, 1.807) is 0 Å². The maximum atomic E-state index is 4.65. The summed E-state index contributed by atoms with van der Waals surface area (Å²) in [5.41, 5.74) is 4.28. The van der Waals surface area contributed by atoms with E-state index >= 15 is 0 Å².